The van der Waals surface area contributed by atoms with Crippen molar-refractivity contribution in [2.75, 3.05) is 0 Å². The fourth-order valence-corrected chi connectivity index (χ4v) is 1.05. The second-order valence-electron chi connectivity index (χ2n) is 3.17. The van der Waals surface area contributed by atoms with Crippen LogP contribution in [-0.2, 0) is 0 Å². The van der Waals surface area contributed by atoms with Crippen LogP contribution in [0.2, 0.25) is 0 Å². The molecule has 0 bridgehead atoms. The first-order chi connectivity index (χ1) is 6.09. The molecule has 0 saturated carbocycles. The molecule has 2 N–H and O–H groups in total. The Bertz CT molecular complexity index is 261. The quantitative estimate of drug-likeness (QED) is 0.729. The predicted molar refractivity (Wildman–Crippen MR) is 58.5 cm³/mol. The Morgan fingerprint density at radius 2 is 1.64 bits per heavy atom. The van der Waals surface area contributed by atoms with E-state index >= 15 is 0 Å². The van der Waals surface area contributed by atoms with Gasteiger partial charge in [0, 0.05) is 0 Å². The minimum atomic E-state index is -1.75. The molecular formula is C9H14BKO3. The molecule has 1 aromatic carbocycles. The second-order valence-corrected chi connectivity index (χ2v) is 3.17. The molecule has 14 heavy (non-hydrogen) atoms. The van der Waals surface area contributed by atoms with Gasteiger partial charge in [-0.1, -0.05) is 26.0 Å². The van der Waals surface area contributed by atoms with Crippen LogP contribution in [-0.4, -0.2) is 68.8 Å². The summed E-state index contributed by atoms with van der Waals surface area (Å²) in [6.45, 7) is 4.19. The minimum absolute atomic E-state index is 0. The number of hydrogen-bond donors (Lipinski definition) is 2. The van der Waals surface area contributed by atoms with Gasteiger partial charge in [0.1, 0.15) is 5.75 Å². The summed E-state index contributed by atoms with van der Waals surface area (Å²) in [6, 6.07) is 7.24. The molecule has 0 aliphatic rings. The van der Waals surface area contributed by atoms with Gasteiger partial charge in [0.25, 0.3) is 0 Å². The molecule has 0 radical (unpaired) electrons. The Balaban J connectivity index is 0.00000169. The molecule has 0 heterocycles. The van der Waals surface area contributed by atoms with E-state index in [1.54, 1.807) is 12.1 Å². The van der Waals surface area contributed by atoms with E-state index in [-0.39, 0.29) is 51.4 Å². The van der Waals surface area contributed by atoms with Crippen molar-refractivity contribution < 1.29 is 14.7 Å². The van der Waals surface area contributed by atoms with Gasteiger partial charge in [0.2, 0.25) is 0 Å². The fraction of sp³-hybridized carbons (Fsp3) is 0.333. The maximum atomic E-state index is 8.52. The van der Waals surface area contributed by atoms with Crippen LogP contribution in [0, 0.1) is 0 Å². The van der Waals surface area contributed by atoms with Crippen molar-refractivity contribution in [3.8, 4) is 5.75 Å². The van der Waals surface area contributed by atoms with E-state index in [0.717, 1.165) is 0 Å². The molecule has 0 aliphatic carbocycles. The molecule has 1 aromatic rings. The Labute approximate surface area is 127 Å². The number of benzene rings is 1. The summed E-state index contributed by atoms with van der Waals surface area (Å²) in [5, 5.41) is 17.0. The Morgan fingerprint density at radius 3 is 2.00 bits per heavy atom. The SMILES string of the molecule is CC(C)c1ccc(OB(O)O)cc1.[KH]. The third-order valence-electron chi connectivity index (χ3n) is 1.79. The van der Waals surface area contributed by atoms with Gasteiger partial charge in [0.15, 0.2) is 0 Å². The van der Waals surface area contributed by atoms with Gasteiger partial charge in [-0.05, 0) is 23.6 Å². The van der Waals surface area contributed by atoms with Gasteiger partial charge in [-0.25, -0.2) is 0 Å². The van der Waals surface area contributed by atoms with E-state index in [4.69, 9.17) is 10.0 Å². The Morgan fingerprint density at radius 1 is 1.14 bits per heavy atom. The van der Waals surface area contributed by atoms with Crippen molar-refractivity contribution in [1.82, 2.24) is 0 Å². The molecule has 0 aliphatic heterocycles. The molecule has 0 spiro atoms. The molecule has 5 heteroatoms. The third kappa shape index (κ3) is 4.93. The molecule has 72 valence electrons. The van der Waals surface area contributed by atoms with Crippen LogP contribution < -0.4 is 4.65 Å². The molecule has 0 fully saturated rings. The average molecular weight is 220 g/mol. The van der Waals surface area contributed by atoms with Crippen molar-refractivity contribution in [2.24, 2.45) is 0 Å². The standard InChI is InChI=1S/C9H13BO3.K.H/c1-7(2)8-3-5-9(6-4-8)13-10(11)12;;/h3-7,11-12H,1-2H3;;. The summed E-state index contributed by atoms with van der Waals surface area (Å²) >= 11 is 0. The number of rotatable bonds is 3. The van der Waals surface area contributed by atoms with Crippen LogP contribution in [0.4, 0.5) is 0 Å². The molecule has 0 amide bonds. The zero-order valence-electron chi connectivity index (χ0n) is 7.77. The van der Waals surface area contributed by atoms with Gasteiger partial charge in [0.05, 0.1) is 0 Å². The molecule has 3 nitrogen and oxygen atoms in total. The van der Waals surface area contributed by atoms with E-state index in [0.29, 0.717) is 11.7 Å². The average Bonchev–Trinajstić information content (AvgIpc) is 2.04. The van der Waals surface area contributed by atoms with Gasteiger partial charge >= 0.3 is 58.7 Å². The van der Waals surface area contributed by atoms with Crippen molar-refractivity contribution >= 4 is 58.7 Å². The number of hydrogen-bond acceptors (Lipinski definition) is 3. The van der Waals surface area contributed by atoms with E-state index in [2.05, 4.69) is 18.5 Å². The van der Waals surface area contributed by atoms with Crippen molar-refractivity contribution in [3.05, 3.63) is 29.8 Å². The Kier molecular flexibility index (Phi) is 7.33. The molecule has 0 aromatic heterocycles. The topological polar surface area (TPSA) is 49.7 Å². The third-order valence-corrected chi connectivity index (χ3v) is 1.79. The first-order valence-electron chi connectivity index (χ1n) is 4.22. The molecule has 0 atom stereocenters. The van der Waals surface area contributed by atoms with E-state index in [1.807, 2.05) is 12.1 Å². The van der Waals surface area contributed by atoms with Crippen molar-refractivity contribution in [1.29, 1.82) is 0 Å². The summed E-state index contributed by atoms with van der Waals surface area (Å²) in [6.07, 6.45) is 0. The van der Waals surface area contributed by atoms with Crippen molar-refractivity contribution in [3.63, 3.8) is 0 Å². The first-order valence-corrected chi connectivity index (χ1v) is 4.22. The summed E-state index contributed by atoms with van der Waals surface area (Å²) in [5.74, 6) is 0.924. The van der Waals surface area contributed by atoms with E-state index in [1.165, 1.54) is 5.56 Å². The second kappa shape index (κ2) is 7.00. The van der Waals surface area contributed by atoms with Crippen LogP contribution >= 0.6 is 0 Å². The van der Waals surface area contributed by atoms with Crippen molar-refractivity contribution in [2.45, 2.75) is 19.8 Å². The fourth-order valence-electron chi connectivity index (χ4n) is 1.05. The van der Waals surface area contributed by atoms with Gasteiger partial charge in [-0.3, -0.25) is 0 Å². The van der Waals surface area contributed by atoms with Gasteiger partial charge in [-0.15, -0.1) is 0 Å². The van der Waals surface area contributed by atoms with Gasteiger partial charge < -0.3 is 14.7 Å². The van der Waals surface area contributed by atoms with Crippen LogP contribution in [0.25, 0.3) is 0 Å². The first kappa shape index (κ1) is 14.6. The summed E-state index contributed by atoms with van der Waals surface area (Å²) in [5.41, 5.74) is 1.19. The van der Waals surface area contributed by atoms with E-state index in [9.17, 15) is 0 Å². The maximum absolute atomic E-state index is 8.52. The monoisotopic (exact) mass is 220 g/mol. The van der Waals surface area contributed by atoms with Crippen LogP contribution in [0.15, 0.2) is 24.3 Å². The molecule has 0 unspecified atom stereocenters. The normalized spacial score (nSPS) is 9.50. The predicted octanol–water partition coefficient (Wildman–Crippen LogP) is 0.510. The Hall–Kier alpha value is 0.641. The zero-order valence-corrected chi connectivity index (χ0v) is 7.77. The molecule has 0 saturated heterocycles. The molecule has 1 rings (SSSR count). The van der Waals surface area contributed by atoms with E-state index < -0.39 is 7.32 Å². The summed E-state index contributed by atoms with van der Waals surface area (Å²) in [4.78, 5) is 0. The molecular weight excluding hydrogens is 206 g/mol. The zero-order chi connectivity index (χ0) is 9.84. The summed E-state index contributed by atoms with van der Waals surface area (Å²) in [7, 11) is -1.75. The van der Waals surface area contributed by atoms with Crippen LogP contribution in [0.5, 0.6) is 5.75 Å². The summed E-state index contributed by atoms with van der Waals surface area (Å²) < 4.78 is 4.66. The van der Waals surface area contributed by atoms with Crippen LogP contribution in [0.3, 0.4) is 0 Å². The van der Waals surface area contributed by atoms with Gasteiger partial charge in [-0.2, -0.15) is 0 Å². The van der Waals surface area contributed by atoms with Crippen LogP contribution in [0.1, 0.15) is 25.3 Å².